The SMILES string of the molecule is N#Cc1ccc2c(c1)ncn2-c1cccc(-c2ccccc2CS(N)(=O)=O)c1. The van der Waals surface area contributed by atoms with Gasteiger partial charge in [0.05, 0.1) is 28.4 Å². The first-order chi connectivity index (χ1) is 13.4. The van der Waals surface area contributed by atoms with E-state index in [0.717, 1.165) is 27.8 Å². The Bertz CT molecular complexity index is 1330. The molecule has 7 heteroatoms. The minimum Gasteiger partial charge on any atom is -0.299 e. The quantitative estimate of drug-likeness (QED) is 0.579. The van der Waals surface area contributed by atoms with Gasteiger partial charge in [-0.1, -0.05) is 36.4 Å². The largest absolute Gasteiger partial charge is 0.299 e. The Hall–Kier alpha value is -3.47. The van der Waals surface area contributed by atoms with Gasteiger partial charge in [-0.25, -0.2) is 18.5 Å². The summed E-state index contributed by atoms with van der Waals surface area (Å²) in [6.07, 6.45) is 1.71. The van der Waals surface area contributed by atoms with Gasteiger partial charge in [0.1, 0.15) is 6.33 Å². The van der Waals surface area contributed by atoms with Crippen LogP contribution < -0.4 is 5.14 Å². The van der Waals surface area contributed by atoms with Crippen LogP contribution in [0.15, 0.2) is 73.1 Å². The lowest BCUT2D eigenvalue weighted by atomic mass is 10.00. The Labute approximate surface area is 162 Å². The first-order valence-corrected chi connectivity index (χ1v) is 10.2. The molecule has 0 aliphatic heterocycles. The fraction of sp³-hybridized carbons (Fsp3) is 0.0476. The molecule has 0 radical (unpaired) electrons. The molecule has 138 valence electrons. The third kappa shape index (κ3) is 3.51. The molecule has 0 unspecified atom stereocenters. The summed E-state index contributed by atoms with van der Waals surface area (Å²) in [4.78, 5) is 4.39. The highest BCUT2D eigenvalue weighted by molar-refractivity contribution is 7.88. The van der Waals surface area contributed by atoms with Crippen molar-refractivity contribution in [3.05, 3.63) is 84.2 Å². The van der Waals surface area contributed by atoms with E-state index in [1.807, 2.05) is 47.0 Å². The lowest BCUT2D eigenvalue weighted by molar-refractivity contribution is 0.597. The molecule has 3 aromatic carbocycles. The van der Waals surface area contributed by atoms with Crippen LogP contribution in [0, 0.1) is 11.3 Å². The van der Waals surface area contributed by atoms with E-state index in [9.17, 15) is 8.42 Å². The highest BCUT2D eigenvalue weighted by Gasteiger charge is 2.12. The van der Waals surface area contributed by atoms with E-state index in [1.165, 1.54) is 0 Å². The highest BCUT2D eigenvalue weighted by atomic mass is 32.2. The van der Waals surface area contributed by atoms with Crippen LogP contribution in [-0.4, -0.2) is 18.0 Å². The number of benzene rings is 3. The molecule has 0 spiro atoms. The zero-order valence-electron chi connectivity index (χ0n) is 14.8. The van der Waals surface area contributed by atoms with Crippen molar-refractivity contribution in [2.75, 3.05) is 0 Å². The van der Waals surface area contributed by atoms with Crippen LogP contribution in [0.2, 0.25) is 0 Å². The van der Waals surface area contributed by atoms with Gasteiger partial charge >= 0.3 is 0 Å². The Morgan fingerprint density at radius 3 is 2.64 bits per heavy atom. The molecule has 4 aromatic rings. The molecular formula is C21H16N4O2S. The molecule has 0 atom stereocenters. The van der Waals surface area contributed by atoms with Crippen molar-refractivity contribution in [3.8, 4) is 22.9 Å². The minimum atomic E-state index is -3.64. The molecule has 0 amide bonds. The minimum absolute atomic E-state index is 0.224. The first kappa shape index (κ1) is 17.9. The first-order valence-electron chi connectivity index (χ1n) is 8.51. The maximum atomic E-state index is 11.6. The number of nitrogens with zero attached hydrogens (tertiary/aromatic N) is 3. The van der Waals surface area contributed by atoms with Crippen LogP contribution >= 0.6 is 0 Å². The topological polar surface area (TPSA) is 102 Å². The van der Waals surface area contributed by atoms with Gasteiger partial charge in [-0.2, -0.15) is 5.26 Å². The summed E-state index contributed by atoms with van der Waals surface area (Å²) in [6, 6.07) is 22.6. The van der Waals surface area contributed by atoms with Crippen molar-refractivity contribution in [3.63, 3.8) is 0 Å². The molecule has 0 bridgehead atoms. The van der Waals surface area contributed by atoms with Gasteiger partial charge < -0.3 is 0 Å². The van der Waals surface area contributed by atoms with Crippen LogP contribution in [0.25, 0.3) is 27.8 Å². The lowest BCUT2D eigenvalue weighted by Crippen LogP contribution is -2.15. The smallest absolute Gasteiger partial charge is 0.213 e. The van der Waals surface area contributed by atoms with Crippen LogP contribution in [0.4, 0.5) is 0 Å². The summed E-state index contributed by atoms with van der Waals surface area (Å²) in [6.45, 7) is 0. The van der Waals surface area contributed by atoms with Gasteiger partial charge in [-0.15, -0.1) is 0 Å². The summed E-state index contributed by atoms with van der Waals surface area (Å²) in [7, 11) is -3.64. The lowest BCUT2D eigenvalue weighted by Gasteiger charge is -2.11. The fourth-order valence-electron chi connectivity index (χ4n) is 3.26. The summed E-state index contributed by atoms with van der Waals surface area (Å²) < 4.78 is 25.1. The van der Waals surface area contributed by atoms with E-state index in [1.54, 1.807) is 30.6 Å². The number of rotatable bonds is 4. The second-order valence-corrected chi connectivity index (χ2v) is 8.06. The normalized spacial score (nSPS) is 11.4. The molecule has 1 heterocycles. The van der Waals surface area contributed by atoms with E-state index in [-0.39, 0.29) is 5.75 Å². The van der Waals surface area contributed by atoms with E-state index in [4.69, 9.17) is 10.4 Å². The number of hydrogen-bond acceptors (Lipinski definition) is 4. The summed E-state index contributed by atoms with van der Waals surface area (Å²) in [5.41, 5.74) is 5.41. The van der Waals surface area contributed by atoms with E-state index in [0.29, 0.717) is 11.1 Å². The number of sulfonamides is 1. The molecule has 0 aliphatic carbocycles. The van der Waals surface area contributed by atoms with Crippen molar-refractivity contribution in [1.82, 2.24) is 9.55 Å². The maximum absolute atomic E-state index is 11.6. The number of primary sulfonamides is 1. The van der Waals surface area contributed by atoms with Gasteiger partial charge in [0.2, 0.25) is 10.0 Å². The molecule has 0 saturated carbocycles. The average molecular weight is 388 g/mol. The van der Waals surface area contributed by atoms with E-state index < -0.39 is 10.0 Å². The van der Waals surface area contributed by atoms with Crippen LogP contribution in [0.1, 0.15) is 11.1 Å². The van der Waals surface area contributed by atoms with Crippen molar-refractivity contribution < 1.29 is 8.42 Å². The standard InChI is InChI=1S/C21H16N4O2S/c22-12-15-8-9-21-20(10-15)24-14-25(21)18-6-3-5-16(11-18)19-7-2-1-4-17(19)13-28(23,26)27/h1-11,14H,13H2,(H2,23,26,27). The molecule has 4 rings (SSSR count). The third-order valence-electron chi connectivity index (χ3n) is 4.49. The highest BCUT2D eigenvalue weighted by Crippen LogP contribution is 2.28. The van der Waals surface area contributed by atoms with Crippen molar-refractivity contribution in [2.45, 2.75) is 5.75 Å². The Kier molecular flexibility index (Phi) is 4.43. The predicted molar refractivity (Wildman–Crippen MR) is 108 cm³/mol. The Morgan fingerprint density at radius 2 is 1.86 bits per heavy atom. The molecule has 0 saturated heterocycles. The maximum Gasteiger partial charge on any atom is 0.213 e. The monoisotopic (exact) mass is 388 g/mol. The third-order valence-corrected chi connectivity index (χ3v) is 5.20. The van der Waals surface area contributed by atoms with Gasteiger partial charge in [-0.05, 0) is 47.0 Å². The second-order valence-electron chi connectivity index (χ2n) is 6.44. The van der Waals surface area contributed by atoms with E-state index in [2.05, 4.69) is 11.1 Å². The molecule has 0 fully saturated rings. The van der Waals surface area contributed by atoms with Crippen LogP contribution in [0.5, 0.6) is 0 Å². The average Bonchev–Trinajstić information content (AvgIpc) is 3.10. The molecule has 0 aliphatic rings. The summed E-state index contributed by atoms with van der Waals surface area (Å²) in [5.74, 6) is -0.224. The number of aromatic nitrogens is 2. The second kappa shape index (κ2) is 6.93. The van der Waals surface area contributed by atoms with Crippen molar-refractivity contribution >= 4 is 21.1 Å². The van der Waals surface area contributed by atoms with Gasteiger partial charge in [0.15, 0.2) is 0 Å². The van der Waals surface area contributed by atoms with E-state index >= 15 is 0 Å². The van der Waals surface area contributed by atoms with Crippen LogP contribution in [-0.2, 0) is 15.8 Å². The van der Waals surface area contributed by atoms with Crippen LogP contribution in [0.3, 0.4) is 0 Å². The number of nitriles is 1. The van der Waals surface area contributed by atoms with Crippen molar-refractivity contribution in [2.24, 2.45) is 5.14 Å². The zero-order chi connectivity index (χ0) is 19.7. The fourth-order valence-corrected chi connectivity index (χ4v) is 3.94. The number of fused-ring (bicyclic) bond motifs is 1. The summed E-state index contributed by atoms with van der Waals surface area (Å²) >= 11 is 0. The van der Waals surface area contributed by atoms with Gasteiger partial charge in [0, 0.05) is 5.69 Å². The molecular weight excluding hydrogens is 372 g/mol. The van der Waals surface area contributed by atoms with Gasteiger partial charge in [-0.3, -0.25) is 4.57 Å². The Morgan fingerprint density at radius 1 is 1.04 bits per heavy atom. The Balaban J connectivity index is 1.81. The number of imidazole rings is 1. The van der Waals surface area contributed by atoms with Crippen molar-refractivity contribution in [1.29, 1.82) is 5.26 Å². The van der Waals surface area contributed by atoms with Gasteiger partial charge in [0.25, 0.3) is 0 Å². The molecule has 1 aromatic heterocycles. The summed E-state index contributed by atoms with van der Waals surface area (Å²) in [5, 5.41) is 14.3. The predicted octanol–water partition coefficient (Wildman–Crippen LogP) is 3.35. The number of hydrogen-bond donors (Lipinski definition) is 1. The molecule has 28 heavy (non-hydrogen) atoms. The molecule has 2 N–H and O–H groups in total. The zero-order valence-corrected chi connectivity index (χ0v) is 15.6. The number of nitrogens with two attached hydrogens (primary N) is 1. The molecule has 6 nitrogen and oxygen atoms in total.